The molecule has 1 fully saturated rings. The molecule has 1 aromatic rings. The second-order valence-corrected chi connectivity index (χ2v) is 4.92. The van der Waals surface area contributed by atoms with E-state index < -0.39 is 0 Å². The zero-order valence-corrected chi connectivity index (χ0v) is 10.2. The molecule has 0 bridgehead atoms. The summed E-state index contributed by atoms with van der Waals surface area (Å²) in [7, 11) is 0. The summed E-state index contributed by atoms with van der Waals surface area (Å²) in [5.41, 5.74) is 2.74. The van der Waals surface area contributed by atoms with Crippen molar-refractivity contribution < 1.29 is 0 Å². The van der Waals surface area contributed by atoms with E-state index in [1.54, 1.807) is 0 Å². The van der Waals surface area contributed by atoms with Gasteiger partial charge < -0.3 is 0 Å². The Morgan fingerprint density at radius 1 is 1.29 bits per heavy atom. The van der Waals surface area contributed by atoms with Gasteiger partial charge in [-0.2, -0.15) is 0 Å². The van der Waals surface area contributed by atoms with E-state index in [1.165, 1.54) is 41.5 Å². The highest BCUT2D eigenvalue weighted by molar-refractivity contribution is 9.10. The Balaban J connectivity index is 2.05. The Labute approximate surface area is 94.2 Å². The molecule has 1 saturated heterocycles. The number of rotatable bonds is 2. The molecule has 0 radical (unpaired) electrons. The highest BCUT2D eigenvalue weighted by Crippen LogP contribution is 2.19. The van der Waals surface area contributed by atoms with Crippen LogP contribution in [0.4, 0.5) is 0 Å². The smallest absolute Gasteiger partial charge is 0.0234 e. The quantitative estimate of drug-likeness (QED) is 0.782. The van der Waals surface area contributed by atoms with Gasteiger partial charge in [-0.15, -0.1) is 0 Å². The van der Waals surface area contributed by atoms with Crippen LogP contribution in [0.5, 0.6) is 0 Å². The van der Waals surface area contributed by atoms with Crippen molar-refractivity contribution in [3.05, 3.63) is 33.8 Å². The van der Waals surface area contributed by atoms with E-state index in [0.29, 0.717) is 0 Å². The van der Waals surface area contributed by atoms with E-state index in [2.05, 4.69) is 46.0 Å². The molecule has 2 rings (SSSR count). The minimum Gasteiger partial charge on any atom is -0.299 e. The first kappa shape index (κ1) is 10.2. The average molecular weight is 254 g/mol. The summed E-state index contributed by atoms with van der Waals surface area (Å²) in [5, 5.41) is 0. The summed E-state index contributed by atoms with van der Waals surface area (Å²) in [4.78, 5) is 2.52. The average Bonchev–Trinajstić information content (AvgIpc) is 2.64. The number of likely N-dealkylation sites (tertiary alicyclic amines) is 1. The zero-order valence-electron chi connectivity index (χ0n) is 8.59. The molecule has 1 heterocycles. The molecule has 0 unspecified atom stereocenters. The molecule has 1 aliphatic heterocycles. The van der Waals surface area contributed by atoms with E-state index >= 15 is 0 Å². The number of halogens is 1. The molecule has 0 spiro atoms. The van der Waals surface area contributed by atoms with Gasteiger partial charge in [0.05, 0.1) is 0 Å². The zero-order chi connectivity index (χ0) is 9.97. The lowest BCUT2D eigenvalue weighted by Gasteiger charge is -2.14. The lowest BCUT2D eigenvalue weighted by atomic mass is 10.1. The van der Waals surface area contributed by atoms with Crippen LogP contribution in [0.15, 0.2) is 22.7 Å². The molecule has 0 N–H and O–H groups in total. The molecular formula is C12H16BrN. The highest BCUT2D eigenvalue weighted by atomic mass is 79.9. The topological polar surface area (TPSA) is 3.24 Å². The van der Waals surface area contributed by atoms with Gasteiger partial charge in [0.15, 0.2) is 0 Å². The van der Waals surface area contributed by atoms with Crippen molar-refractivity contribution >= 4 is 15.9 Å². The monoisotopic (exact) mass is 253 g/mol. The second kappa shape index (κ2) is 4.45. The second-order valence-electron chi connectivity index (χ2n) is 4.07. The predicted octanol–water partition coefficient (Wildman–Crippen LogP) is 3.35. The van der Waals surface area contributed by atoms with E-state index in [0.717, 1.165) is 6.54 Å². The molecule has 0 aliphatic carbocycles. The number of nitrogens with zero attached hydrogens (tertiary/aromatic N) is 1. The third-order valence-electron chi connectivity index (χ3n) is 2.84. The van der Waals surface area contributed by atoms with Crippen LogP contribution in [0.3, 0.4) is 0 Å². The molecule has 0 saturated carbocycles. The molecule has 76 valence electrons. The van der Waals surface area contributed by atoms with Crippen LogP contribution in [0.1, 0.15) is 24.0 Å². The maximum Gasteiger partial charge on any atom is 0.0234 e. The molecular weight excluding hydrogens is 238 g/mol. The molecule has 0 atom stereocenters. The Bertz CT molecular complexity index is 316. The van der Waals surface area contributed by atoms with Crippen LogP contribution >= 0.6 is 15.9 Å². The summed E-state index contributed by atoms with van der Waals surface area (Å²) in [6.07, 6.45) is 2.74. The third-order valence-corrected chi connectivity index (χ3v) is 3.70. The Hall–Kier alpha value is -0.340. The summed E-state index contributed by atoms with van der Waals surface area (Å²) >= 11 is 3.58. The maximum absolute atomic E-state index is 3.58. The number of aryl methyl sites for hydroxylation is 1. The van der Waals surface area contributed by atoms with Gasteiger partial charge in [0.2, 0.25) is 0 Å². The van der Waals surface area contributed by atoms with Gasteiger partial charge in [-0.1, -0.05) is 28.1 Å². The van der Waals surface area contributed by atoms with Gasteiger partial charge in [0, 0.05) is 11.0 Å². The first-order valence-electron chi connectivity index (χ1n) is 5.23. The lowest BCUT2D eigenvalue weighted by Crippen LogP contribution is -2.18. The van der Waals surface area contributed by atoms with Crippen molar-refractivity contribution in [2.24, 2.45) is 0 Å². The molecule has 0 amide bonds. The molecule has 1 aromatic carbocycles. The largest absolute Gasteiger partial charge is 0.299 e. The van der Waals surface area contributed by atoms with Crippen LogP contribution in [0.2, 0.25) is 0 Å². The van der Waals surface area contributed by atoms with Crippen LogP contribution < -0.4 is 0 Å². The molecule has 1 nitrogen and oxygen atoms in total. The third kappa shape index (κ3) is 2.37. The van der Waals surface area contributed by atoms with E-state index in [1.807, 2.05) is 0 Å². The van der Waals surface area contributed by atoms with Gasteiger partial charge in [-0.3, -0.25) is 4.90 Å². The Morgan fingerprint density at radius 3 is 2.64 bits per heavy atom. The number of hydrogen-bond donors (Lipinski definition) is 0. The summed E-state index contributed by atoms with van der Waals surface area (Å²) in [6, 6.07) is 6.67. The predicted molar refractivity (Wildman–Crippen MR) is 63.4 cm³/mol. The normalized spacial score (nSPS) is 17.6. The van der Waals surface area contributed by atoms with Crippen LogP contribution in [-0.2, 0) is 6.54 Å². The Kier molecular flexibility index (Phi) is 3.24. The maximum atomic E-state index is 3.58. The molecule has 0 aromatic heterocycles. The van der Waals surface area contributed by atoms with Crippen molar-refractivity contribution in [3.8, 4) is 0 Å². The van der Waals surface area contributed by atoms with Crippen LogP contribution in [-0.4, -0.2) is 18.0 Å². The van der Waals surface area contributed by atoms with E-state index in [4.69, 9.17) is 0 Å². The highest BCUT2D eigenvalue weighted by Gasteiger charge is 2.11. The summed E-state index contributed by atoms with van der Waals surface area (Å²) in [6.45, 7) is 5.78. The minimum absolute atomic E-state index is 1.11. The summed E-state index contributed by atoms with van der Waals surface area (Å²) < 4.78 is 1.23. The van der Waals surface area contributed by atoms with Gasteiger partial charge in [0.25, 0.3) is 0 Å². The van der Waals surface area contributed by atoms with E-state index in [-0.39, 0.29) is 0 Å². The van der Waals surface area contributed by atoms with Gasteiger partial charge >= 0.3 is 0 Å². The summed E-state index contributed by atoms with van der Waals surface area (Å²) in [5.74, 6) is 0. The van der Waals surface area contributed by atoms with Crippen molar-refractivity contribution in [3.63, 3.8) is 0 Å². The fourth-order valence-electron chi connectivity index (χ4n) is 1.93. The molecule has 2 heteroatoms. The minimum atomic E-state index is 1.11. The van der Waals surface area contributed by atoms with E-state index in [9.17, 15) is 0 Å². The molecule has 1 aliphatic rings. The van der Waals surface area contributed by atoms with Crippen molar-refractivity contribution in [1.29, 1.82) is 0 Å². The van der Waals surface area contributed by atoms with Gasteiger partial charge in [-0.25, -0.2) is 0 Å². The first-order valence-corrected chi connectivity index (χ1v) is 6.02. The van der Waals surface area contributed by atoms with Gasteiger partial charge in [0.1, 0.15) is 0 Å². The standard InChI is InChI=1S/C12H16BrN/c1-10-4-5-11(8-12(10)13)9-14-6-2-3-7-14/h4-5,8H,2-3,6-7,9H2,1H3. The first-order chi connectivity index (χ1) is 6.75. The van der Waals surface area contributed by atoms with Gasteiger partial charge in [-0.05, 0) is 50.0 Å². The van der Waals surface area contributed by atoms with Crippen LogP contribution in [0.25, 0.3) is 0 Å². The van der Waals surface area contributed by atoms with Crippen LogP contribution in [0, 0.1) is 6.92 Å². The number of hydrogen-bond acceptors (Lipinski definition) is 1. The number of benzene rings is 1. The van der Waals surface area contributed by atoms with Crippen molar-refractivity contribution in [1.82, 2.24) is 4.90 Å². The fraction of sp³-hybridized carbons (Fsp3) is 0.500. The van der Waals surface area contributed by atoms with Crippen molar-refractivity contribution in [2.45, 2.75) is 26.3 Å². The lowest BCUT2D eigenvalue weighted by molar-refractivity contribution is 0.331. The Morgan fingerprint density at radius 2 is 2.00 bits per heavy atom. The SMILES string of the molecule is Cc1ccc(CN2CCCC2)cc1Br. The van der Waals surface area contributed by atoms with Crippen molar-refractivity contribution in [2.75, 3.05) is 13.1 Å². The molecule has 14 heavy (non-hydrogen) atoms. The fourth-order valence-corrected chi connectivity index (χ4v) is 2.36.